The van der Waals surface area contributed by atoms with Gasteiger partial charge in [-0.2, -0.15) is 0 Å². The third-order valence-corrected chi connectivity index (χ3v) is 3.06. The quantitative estimate of drug-likeness (QED) is 0.893. The van der Waals surface area contributed by atoms with Crippen LogP contribution in [-0.2, 0) is 11.3 Å². The van der Waals surface area contributed by atoms with Gasteiger partial charge in [0.25, 0.3) is 0 Å². The molecule has 1 heterocycles. The Labute approximate surface area is 113 Å². The number of ether oxygens (including phenoxy) is 1. The van der Waals surface area contributed by atoms with Gasteiger partial charge in [-0.3, -0.25) is 0 Å². The van der Waals surface area contributed by atoms with Crippen LogP contribution in [0.4, 0.5) is 0 Å². The molecule has 0 saturated heterocycles. The predicted molar refractivity (Wildman–Crippen MR) is 73.6 cm³/mol. The number of hydrogen-bond acceptors (Lipinski definition) is 4. The Morgan fingerprint density at radius 3 is 2.42 bits per heavy atom. The number of benzene rings is 1. The van der Waals surface area contributed by atoms with Gasteiger partial charge in [0.2, 0.25) is 0 Å². The SMILES string of the molecule is COC(c1ccccc1)c1nnc(CN)n1C(C)C. The van der Waals surface area contributed by atoms with Gasteiger partial charge in [-0.15, -0.1) is 10.2 Å². The summed E-state index contributed by atoms with van der Waals surface area (Å²) in [5.74, 6) is 1.58. The Balaban J connectivity index is 2.47. The van der Waals surface area contributed by atoms with E-state index in [1.165, 1.54) is 0 Å². The van der Waals surface area contributed by atoms with E-state index < -0.39 is 0 Å². The van der Waals surface area contributed by atoms with Crippen LogP contribution in [-0.4, -0.2) is 21.9 Å². The summed E-state index contributed by atoms with van der Waals surface area (Å²) in [6.45, 7) is 4.55. The van der Waals surface area contributed by atoms with Crippen molar-refractivity contribution >= 4 is 0 Å². The lowest BCUT2D eigenvalue weighted by Gasteiger charge is -2.19. The van der Waals surface area contributed by atoms with Crippen molar-refractivity contribution in [2.45, 2.75) is 32.5 Å². The second-order valence-corrected chi connectivity index (χ2v) is 4.67. The minimum Gasteiger partial charge on any atom is -0.369 e. The first-order valence-electron chi connectivity index (χ1n) is 6.40. The van der Waals surface area contributed by atoms with E-state index in [-0.39, 0.29) is 12.1 Å². The van der Waals surface area contributed by atoms with Crippen LogP contribution in [0.25, 0.3) is 0 Å². The van der Waals surface area contributed by atoms with E-state index in [0.717, 1.165) is 17.2 Å². The van der Waals surface area contributed by atoms with Crippen molar-refractivity contribution in [1.29, 1.82) is 0 Å². The first-order chi connectivity index (χ1) is 9.19. The summed E-state index contributed by atoms with van der Waals surface area (Å²) in [5, 5.41) is 8.42. The fourth-order valence-electron chi connectivity index (χ4n) is 2.24. The maximum atomic E-state index is 5.72. The largest absolute Gasteiger partial charge is 0.369 e. The third kappa shape index (κ3) is 2.67. The highest BCUT2D eigenvalue weighted by Crippen LogP contribution is 2.26. The normalized spacial score (nSPS) is 12.9. The van der Waals surface area contributed by atoms with Gasteiger partial charge in [0, 0.05) is 13.2 Å². The number of aromatic nitrogens is 3. The second kappa shape index (κ2) is 5.95. The lowest BCUT2D eigenvalue weighted by atomic mass is 10.1. The molecule has 0 aliphatic rings. The Morgan fingerprint density at radius 2 is 1.89 bits per heavy atom. The molecule has 1 aromatic carbocycles. The number of rotatable bonds is 5. The van der Waals surface area contributed by atoms with Crippen molar-refractivity contribution in [2.24, 2.45) is 5.73 Å². The molecule has 2 N–H and O–H groups in total. The first-order valence-corrected chi connectivity index (χ1v) is 6.40. The van der Waals surface area contributed by atoms with Gasteiger partial charge in [-0.1, -0.05) is 30.3 Å². The van der Waals surface area contributed by atoms with Gasteiger partial charge < -0.3 is 15.0 Å². The van der Waals surface area contributed by atoms with Crippen molar-refractivity contribution in [3.8, 4) is 0 Å². The molecule has 0 saturated carbocycles. The lowest BCUT2D eigenvalue weighted by molar-refractivity contribution is 0.124. The van der Waals surface area contributed by atoms with Crippen LogP contribution in [0.3, 0.4) is 0 Å². The summed E-state index contributed by atoms with van der Waals surface area (Å²) in [5.41, 5.74) is 6.78. The van der Waals surface area contributed by atoms with Crippen LogP contribution >= 0.6 is 0 Å². The zero-order valence-corrected chi connectivity index (χ0v) is 11.6. The minimum atomic E-state index is -0.226. The van der Waals surface area contributed by atoms with Crippen LogP contribution in [0.5, 0.6) is 0 Å². The Kier molecular flexibility index (Phi) is 4.29. The zero-order chi connectivity index (χ0) is 13.8. The molecular weight excluding hydrogens is 240 g/mol. The van der Waals surface area contributed by atoms with E-state index in [1.54, 1.807) is 7.11 Å². The Hall–Kier alpha value is -1.72. The van der Waals surface area contributed by atoms with E-state index in [0.29, 0.717) is 6.54 Å². The topological polar surface area (TPSA) is 66.0 Å². The van der Waals surface area contributed by atoms with Gasteiger partial charge >= 0.3 is 0 Å². The molecule has 2 aromatic rings. The van der Waals surface area contributed by atoms with E-state index in [1.807, 2.05) is 34.9 Å². The molecule has 2 rings (SSSR count). The van der Waals surface area contributed by atoms with Crippen LogP contribution < -0.4 is 5.73 Å². The van der Waals surface area contributed by atoms with Crippen LogP contribution in [0, 0.1) is 0 Å². The molecule has 0 bridgehead atoms. The second-order valence-electron chi connectivity index (χ2n) is 4.67. The molecule has 0 fully saturated rings. The highest BCUT2D eigenvalue weighted by Gasteiger charge is 2.23. The molecule has 0 radical (unpaired) electrons. The van der Waals surface area contributed by atoms with E-state index in [9.17, 15) is 0 Å². The molecule has 1 aromatic heterocycles. The molecule has 1 unspecified atom stereocenters. The minimum absolute atomic E-state index is 0.226. The molecule has 0 spiro atoms. The average Bonchev–Trinajstić information content (AvgIpc) is 2.85. The number of nitrogens with two attached hydrogens (primary N) is 1. The standard InChI is InChI=1S/C14H20N4O/c1-10(2)18-12(9-15)16-17-14(18)13(19-3)11-7-5-4-6-8-11/h4-8,10,13H,9,15H2,1-3H3. The highest BCUT2D eigenvalue weighted by atomic mass is 16.5. The summed E-state index contributed by atoms with van der Waals surface area (Å²) in [6.07, 6.45) is -0.226. The zero-order valence-electron chi connectivity index (χ0n) is 11.6. The van der Waals surface area contributed by atoms with Crippen molar-refractivity contribution < 1.29 is 4.74 Å². The first kappa shape index (κ1) is 13.7. The molecule has 0 amide bonds. The fraction of sp³-hybridized carbons (Fsp3) is 0.429. The van der Waals surface area contributed by atoms with Crippen molar-refractivity contribution in [3.05, 3.63) is 47.5 Å². The van der Waals surface area contributed by atoms with Crippen LogP contribution in [0.15, 0.2) is 30.3 Å². The Bertz CT molecular complexity index is 521. The maximum absolute atomic E-state index is 5.72. The molecule has 5 heteroatoms. The van der Waals surface area contributed by atoms with Gasteiger partial charge in [-0.25, -0.2) is 0 Å². The number of nitrogens with zero attached hydrogens (tertiary/aromatic N) is 3. The third-order valence-electron chi connectivity index (χ3n) is 3.06. The van der Waals surface area contributed by atoms with E-state index in [4.69, 9.17) is 10.5 Å². The number of hydrogen-bond donors (Lipinski definition) is 1. The van der Waals surface area contributed by atoms with Crippen molar-refractivity contribution in [1.82, 2.24) is 14.8 Å². The molecular formula is C14H20N4O. The highest BCUT2D eigenvalue weighted by molar-refractivity contribution is 5.23. The van der Waals surface area contributed by atoms with Gasteiger partial charge in [-0.05, 0) is 19.4 Å². The summed E-state index contributed by atoms with van der Waals surface area (Å²) in [6, 6.07) is 10.2. The molecule has 5 nitrogen and oxygen atoms in total. The number of methoxy groups -OCH3 is 1. The fourth-order valence-corrected chi connectivity index (χ4v) is 2.24. The van der Waals surface area contributed by atoms with E-state index in [2.05, 4.69) is 24.0 Å². The van der Waals surface area contributed by atoms with Gasteiger partial charge in [0.1, 0.15) is 11.9 Å². The predicted octanol–water partition coefficient (Wildman–Crippen LogP) is 2.05. The van der Waals surface area contributed by atoms with E-state index >= 15 is 0 Å². The monoisotopic (exact) mass is 260 g/mol. The molecule has 102 valence electrons. The summed E-state index contributed by atoms with van der Waals surface area (Å²) in [7, 11) is 1.68. The Morgan fingerprint density at radius 1 is 1.21 bits per heavy atom. The smallest absolute Gasteiger partial charge is 0.167 e. The lowest BCUT2D eigenvalue weighted by Crippen LogP contribution is -2.17. The summed E-state index contributed by atoms with van der Waals surface area (Å²) < 4.78 is 7.65. The average molecular weight is 260 g/mol. The van der Waals surface area contributed by atoms with Crippen molar-refractivity contribution in [3.63, 3.8) is 0 Å². The summed E-state index contributed by atoms with van der Waals surface area (Å²) in [4.78, 5) is 0. The van der Waals surface area contributed by atoms with Gasteiger partial charge in [0.15, 0.2) is 5.82 Å². The summed E-state index contributed by atoms with van der Waals surface area (Å²) >= 11 is 0. The molecule has 0 aliphatic carbocycles. The molecule has 1 atom stereocenters. The van der Waals surface area contributed by atoms with Gasteiger partial charge in [0.05, 0.1) is 6.54 Å². The maximum Gasteiger partial charge on any atom is 0.167 e. The van der Waals surface area contributed by atoms with Crippen molar-refractivity contribution in [2.75, 3.05) is 7.11 Å². The van der Waals surface area contributed by atoms with Crippen LogP contribution in [0.1, 0.15) is 43.2 Å². The molecule has 19 heavy (non-hydrogen) atoms. The van der Waals surface area contributed by atoms with Crippen LogP contribution in [0.2, 0.25) is 0 Å². The molecule has 0 aliphatic heterocycles.